The number of benzene rings is 1. The molecule has 1 unspecified atom stereocenters. The lowest BCUT2D eigenvalue weighted by Gasteiger charge is -2.19. The topological polar surface area (TPSA) is 60.2 Å². The predicted molar refractivity (Wildman–Crippen MR) is 66.3 cm³/mol. The first-order valence-electron chi connectivity index (χ1n) is 5.68. The summed E-state index contributed by atoms with van der Waals surface area (Å²) in [6, 6.07) is 3.24. The average molecular weight is 283 g/mol. The van der Waals surface area contributed by atoms with Gasteiger partial charge in [-0.1, -0.05) is 0 Å². The average Bonchev–Trinajstić information content (AvgIpc) is 2.42. The van der Waals surface area contributed by atoms with Gasteiger partial charge in [0.1, 0.15) is 28.9 Å². The van der Waals surface area contributed by atoms with Crippen molar-refractivity contribution in [1.29, 1.82) is 0 Å². The lowest BCUT2D eigenvalue weighted by molar-refractivity contribution is 0.396. The molecule has 7 heteroatoms. The molecule has 1 atom stereocenters. The van der Waals surface area contributed by atoms with E-state index in [1.54, 1.807) is 12.1 Å². The Kier molecular flexibility index (Phi) is 4.21. The third-order valence-electron chi connectivity index (χ3n) is 2.79. The fourth-order valence-electron chi connectivity index (χ4n) is 1.92. The van der Waals surface area contributed by atoms with Crippen molar-refractivity contribution in [3.63, 3.8) is 0 Å². The van der Waals surface area contributed by atoms with E-state index in [0.29, 0.717) is 17.9 Å². The summed E-state index contributed by atoms with van der Waals surface area (Å²) in [6.07, 6.45) is 1.43. The van der Waals surface area contributed by atoms with E-state index >= 15 is 0 Å². The largest absolute Gasteiger partial charge is 0.495 e. The molecule has 2 aromatic rings. The van der Waals surface area contributed by atoms with E-state index in [4.69, 9.17) is 10.6 Å². The van der Waals surface area contributed by atoms with Gasteiger partial charge in [-0.15, -0.1) is 0 Å². The van der Waals surface area contributed by atoms with Gasteiger partial charge in [0.2, 0.25) is 0 Å². The highest BCUT2D eigenvalue weighted by Crippen LogP contribution is 2.30. The molecule has 2 rings (SSSR count). The van der Waals surface area contributed by atoms with Gasteiger partial charge in [0, 0.05) is 23.9 Å². The summed E-state index contributed by atoms with van der Waals surface area (Å²) < 4.78 is 45.7. The lowest BCUT2D eigenvalue weighted by atomic mass is 10.0. The van der Waals surface area contributed by atoms with E-state index in [-0.39, 0.29) is 5.69 Å². The van der Waals surface area contributed by atoms with Gasteiger partial charge < -0.3 is 4.74 Å². The molecule has 0 radical (unpaired) electrons. The predicted octanol–water partition coefficient (Wildman–Crippen LogP) is 2.06. The number of ether oxygens (including phenoxy) is 1. The monoisotopic (exact) mass is 283 g/mol. The number of halogens is 3. The highest BCUT2D eigenvalue weighted by molar-refractivity contribution is 5.38. The van der Waals surface area contributed by atoms with Crippen molar-refractivity contribution in [2.24, 2.45) is 5.84 Å². The summed E-state index contributed by atoms with van der Waals surface area (Å²) >= 11 is 0. The number of rotatable bonds is 4. The van der Waals surface area contributed by atoms with Crippen LogP contribution in [0.2, 0.25) is 0 Å². The molecule has 3 N–H and O–H groups in total. The standard InChI is InChI=1S/C13H12F3N3O/c1-20-10-3-2-4-18-12(10)13(19-17)11-8(15)5-7(14)6-9(11)16/h2-6,13,19H,17H2,1H3. The van der Waals surface area contributed by atoms with Crippen LogP contribution in [-0.4, -0.2) is 12.1 Å². The summed E-state index contributed by atoms with van der Waals surface area (Å²) in [4.78, 5) is 4.01. The molecule has 20 heavy (non-hydrogen) atoms. The molecule has 1 aromatic carbocycles. The number of hydrogen-bond acceptors (Lipinski definition) is 4. The number of pyridine rings is 1. The number of nitrogens with one attached hydrogen (secondary N) is 1. The minimum absolute atomic E-state index is 0.196. The molecule has 1 heterocycles. The highest BCUT2D eigenvalue weighted by Gasteiger charge is 2.25. The first kappa shape index (κ1) is 14.3. The smallest absolute Gasteiger partial charge is 0.142 e. The normalized spacial score (nSPS) is 12.2. The fraction of sp³-hybridized carbons (Fsp3) is 0.154. The van der Waals surface area contributed by atoms with E-state index < -0.39 is 29.1 Å². The Morgan fingerprint density at radius 1 is 1.25 bits per heavy atom. The van der Waals surface area contributed by atoms with Crippen molar-refractivity contribution in [1.82, 2.24) is 10.4 Å². The molecule has 106 valence electrons. The Morgan fingerprint density at radius 2 is 1.90 bits per heavy atom. The van der Waals surface area contributed by atoms with Crippen molar-refractivity contribution >= 4 is 0 Å². The third-order valence-corrected chi connectivity index (χ3v) is 2.79. The molecule has 0 saturated carbocycles. The maximum Gasteiger partial charge on any atom is 0.142 e. The van der Waals surface area contributed by atoms with Crippen LogP contribution in [0.5, 0.6) is 5.75 Å². The van der Waals surface area contributed by atoms with Gasteiger partial charge in [-0.25, -0.2) is 18.6 Å². The zero-order valence-electron chi connectivity index (χ0n) is 10.5. The Labute approximate surface area is 113 Å². The Balaban J connectivity index is 2.59. The van der Waals surface area contributed by atoms with Crippen LogP contribution in [-0.2, 0) is 0 Å². The molecule has 0 aliphatic carbocycles. The Morgan fingerprint density at radius 3 is 2.45 bits per heavy atom. The van der Waals surface area contributed by atoms with E-state index in [2.05, 4.69) is 10.4 Å². The molecule has 0 fully saturated rings. The molecule has 0 aliphatic rings. The molecule has 0 saturated heterocycles. The van der Waals surface area contributed by atoms with Gasteiger partial charge in [0.15, 0.2) is 0 Å². The second-order valence-electron chi connectivity index (χ2n) is 3.97. The van der Waals surface area contributed by atoms with E-state index in [1.807, 2.05) is 0 Å². The molecular formula is C13H12F3N3O. The first-order chi connectivity index (χ1) is 9.58. The first-order valence-corrected chi connectivity index (χ1v) is 5.68. The molecule has 0 spiro atoms. The fourth-order valence-corrected chi connectivity index (χ4v) is 1.92. The van der Waals surface area contributed by atoms with Crippen LogP contribution in [0.4, 0.5) is 13.2 Å². The van der Waals surface area contributed by atoms with Crippen molar-refractivity contribution in [2.45, 2.75) is 6.04 Å². The summed E-state index contributed by atoms with van der Waals surface area (Å²) in [7, 11) is 1.39. The highest BCUT2D eigenvalue weighted by atomic mass is 19.1. The van der Waals surface area contributed by atoms with E-state index in [0.717, 1.165) is 0 Å². The maximum absolute atomic E-state index is 13.8. The second-order valence-corrected chi connectivity index (χ2v) is 3.97. The number of hydrogen-bond donors (Lipinski definition) is 2. The van der Waals surface area contributed by atoms with Gasteiger partial charge in [0.05, 0.1) is 13.2 Å². The molecule has 0 aliphatic heterocycles. The van der Waals surface area contributed by atoms with Crippen LogP contribution >= 0.6 is 0 Å². The van der Waals surface area contributed by atoms with E-state index in [1.165, 1.54) is 13.3 Å². The molecular weight excluding hydrogens is 271 g/mol. The number of aromatic nitrogens is 1. The van der Waals surface area contributed by atoms with Gasteiger partial charge in [-0.05, 0) is 12.1 Å². The summed E-state index contributed by atoms with van der Waals surface area (Å²) in [5, 5.41) is 0. The minimum atomic E-state index is -1.10. The molecule has 0 amide bonds. The zero-order chi connectivity index (χ0) is 14.7. The number of hydrazine groups is 1. The SMILES string of the molecule is COc1cccnc1C(NN)c1c(F)cc(F)cc1F. The van der Waals surface area contributed by atoms with Crippen LogP contribution in [0.1, 0.15) is 17.3 Å². The summed E-state index contributed by atoms with van der Waals surface area (Å²) in [5.74, 6) is 2.55. The Hall–Kier alpha value is -2.12. The van der Waals surface area contributed by atoms with Gasteiger partial charge >= 0.3 is 0 Å². The van der Waals surface area contributed by atoms with Gasteiger partial charge in [0.25, 0.3) is 0 Å². The van der Waals surface area contributed by atoms with Gasteiger partial charge in [-0.2, -0.15) is 0 Å². The molecule has 4 nitrogen and oxygen atoms in total. The number of nitrogens with zero attached hydrogens (tertiary/aromatic N) is 1. The van der Waals surface area contributed by atoms with Crippen LogP contribution in [0.15, 0.2) is 30.5 Å². The van der Waals surface area contributed by atoms with Crippen LogP contribution in [0, 0.1) is 17.5 Å². The summed E-state index contributed by atoms with van der Waals surface area (Å²) in [5.41, 5.74) is 2.04. The minimum Gasteiger partial charge on any atom is -0.495 e. The number of methoxy groups -OCH3 is 1. The third kappa shape index (κ3) is 2.59. The van der Waals surface area contributed by atoms with Gasteiger partial charge in [-0.3, -0.25) is 10.8 Å². The maximum atomic E-state index is 13.8. The van der Waals surface area contributed by atoms with Crippen molar-refractivity contribution < 1.29 is 17.9 Å². The number of nitrogens with two attached hydrogens (primary N) is 1. The van der Waals surface area contributed by atoms with Crippen LogP contribution in [0.25, 0.3) is 0 Å². The van der Waals surface area contributed by atoms with Crippen LogP contribution in [0.3, 0.4) is 0 Å². The lowest BCUT2D eigenvalue weighted by Crippen LogP contribution is -2.31. The quantitative estimate of drug-likeness (QED) is 0.666. The molecule has 1 aromatic heterocycles. The molecule has 0 bridgehead atoms. The zero-order valence-corrected chi connectivity index (χ0v) is 10.5. The van der Waals surface area contributed by atoms with Crippen molar-refractivity contribution in [2.75, 3.05) is 7.11 Å². The Bertz CT molecular complexity index is 599. The van der Waals surface area contributed by atoms with Crippen LogP contribution < -0.4 is 16.0 Å². The summed E-state index contributed by atoms with van der Waals surface area (Å²) in [6.45, 7) is 0. The van der Waals surface area contributed by atoms with Crippen molar-refractivity contribution in [3.8, 4) is 5.75 Å². The van der Waals surface area contributed by atoms with E-state index in [9.17, 15) is 13.2 Å². The second kappa shape index (κ2) is 5.89. The van der Waals surface area contributed by atoms with Crippen molar-refractivity contribution in [3.05, 3.63) is 59.2 Å².